The number of nitriles is 1. The van der Waals surface area contributed by atoms with Crippen molar-refractivity contribution in [2.24, 2.45) is 17.6 Å². The molecule has 1 fully saturated rings. The highest BCUT2D eigenvalue weighted by Crippen LogP contribution is 2.29. The zero-order valence-electron chi connectivity index (χ0n) is 11.6. The van der Waals surface area contributed by atoms with E-state index in [2.05, 4.69) is 0 Å². The van der Waals surface area contributed by atoms with Crippen LogP contribution in [0.1, 0.15) is 36.8 Å². The molecule has 0 aliphatic heterocycles. The molecule has 0 radical (unpaired) electrons. The normalized spacial score (nSPS) is 22.4. The number of benzene rings is 1. The Kier molecular flexibility index (Phi) is 5.51. The fourth-order valence-corrected chi connectivity index (χ4v) is 2.89. The van der Waals surface area contributed by atoms with E-state index in [1.807, 2.05) is 6.07 Å². The Morgan fingerprint density at radius 1 is 1.30 bits per heavy atom. The second-order valence-electron chi connectivity index (χ2n) is 5.48. The summed E-state index contributed by atoms with van der Waals surface area (Å²) in [5, 5.41) is 8.79. The van der Waals surface area contributed by atoms with Crippen LogP contribution in [0.5, 0.6) is 0 Å². The maximum Gasteiger partial charge on any atom is 0.140 e. The van der Waals surface area contributed by atoms with E-state index in [1.165, 1.54) is 31.7 Å². The predicted molar refractivity (Wildman–Crippen MR) is 75.3 cm³/mol. The molecule has 2 N–H and O–H groups in total. The van der Waals surface area contributed by atoms with Crippen LogP contribution in [-0.2, 0) is 11.3 Å². The van der Waals surface area contributed by atoms with Crippen LogP contribution in [0.15, 0.2) is 18.2 Å². The van der Waals surface area contributed by atoms with E-state index in [4.69, 9.17) is 15.7 Å². The van der Waals surface area contributed by atoms with Crippen LogP contribution in [-0.4, -0.2) is 13.2 Å². The fourth-order valence-electron chi connectivity index (χ4n) is 2.89. The van der Waals surface area contributed by atoms with Gasteiger partial charge in [-0.2, -0.15) is 5.26 Å². The third-order valence-electron chi connectivity index (χ3n) is 4.12. The van der Waals surface area contributed by atoms with Gasteiger partial charge in [-0.3, -0.25) is 0 Å². The monoisotopic (exact) mass is 276 g/mol. The lowest BCUT2D eigenvalue weighted by Crippen LogP contribution is -2.29. The van der Waals surface area contributed by atoms with Gasteiger partial charge in [0.25, 0.3) is 0 Å². The number of nitrogens with two attached hydrogens (primary N) is 1. The van der Waals surface area contributed by atoms with E-state index in [9.17, 15) is 4.39 Å². The second kappa shape index (κ2) is 7.37. The van der Waals surface area contributed by atoms with Crippen molar-refractivity contribution < 1.29 is 9.13 Å². The summed E-state index contributed by atoms with van der Waals surface area (Å²) in [4.78, 5) is 0. The van der Waals surface area contributed by atoms with Gasteiger partial charge in [-0.25, -0.2) is 4.39 Å². The minimum atomic E-state index is -0.480. The molecule has 0 saturated heterocycles. The Morgan fingerprint density at radius 3 is 2.75 bits per heavy atom. The molecular weight excluding hydrogens is 255 g/mol. The van der Waals surface area contributed by atoms with Crippen LogP contribution >= 0.6 is 0 Å². The zero-order valence-corrected chi connectivity index (χ0v) is 11.6. The van der Waals surface area contributed by atoms with Crippen molar-refractivity contribution in [2.75, 3.05) is 13.2 Å². The number of nitrogens with zero attached hydrogens (tertiary/aromatic N) is 1. The fraction of sp³-hybridized carbons (Fsp3) is 0.562. The minimum absolute atomic E-state index is 0.0728. The summed E-state index contributed by atoms with van der Waals surface area (Å²) in [5.74, 6) is 0.614. The molecule has 4 heteroatoms. The summed E-state index contributed by atoms with van der Waals surface area (Å²) >= 11 is 0. The molecule has 0 amide bonds. The van der Waals surface area contributed by atoms with Gasteiger partial charge in [0.05, 0.1) is 18.8 Å². The number of hydrogen-bond donors (Lipinski definition) is 1. The Balaban J connectivity index is 1.85. The van der Waals surface area contributed by atoms with E-state index in [0.717, 1.165) is 12.1 Å². The number of rotatable bonds is 5. The van der Waals surface area contributed by atoms with Gasteiger partial charge in [-0.15, -0.1) is 0 Å². The number of halogens is 1. The van der Waals surface area contributed by atoms with E-state index >= 15 is 0 Å². The smallest absolute Gasteiger partial charge is 0.140 e. The molecule has 0 aromatic heterocycles. The van der Waals surface area contributed by atoms with Crippen LogP contribution in [0.25, 0.3) is 0 Å². The average molecular weight is 276 g/mol. The Bertz CT molecular complexity index is 484. The van der Waals surface area contributed by atoms with Crippen molar-refractivity contribution in [3.05, 3.63) is 35.1 Å². The van der Waals surface area contributed by atoms with Gasteiger partial charge in [0.1, 0.15) is 11.9 Å². The first-order chi connectivity index (χ1) is 9.74. The maximum absolute atomic E-state index is 13.2. The van der Waals surface area contributed by atoms with Crippen LogP contribution in [0.3, 0.4) is 0 Å². The topological polar surface area (TPSA) is 59.0 Å². The molecule has 1 aromatic rings. The quantitative estimate of drug-likeness (QED) is 0.899. The first-order valence-corrected chi connectivity index (χ1v) is 7.21. The molecule has 20 heavy (non-hydrogen) atoms. The molecule has 2 atom stereocenters. The summed E-state index contributed by atoms with van der Waals surface area (Å²) in [6, 6.07) is 6.38. The van der Waals surface area contributed by atoms with Crippen LogP contribution in [0, 0.1) is 29.0 Å². The van der Waals surface area contributed by atoms with Gasteiger partial charge < -0.3 is 10.5 Å². The third-order valence-corrected chi connectivity index (χ3v) is 4.12. The molecule has 1 saturated carbocycles. The van der Waals surface area contributed by atoms with E-state index in [0.29, 0.717) is 25.0 Å². The van der Waals surface area contributed by atoms with Gasteiger partial charge >= 0.3 is 0 Å². The van der Waals surface area contributed by atoms with Crippen molar-refractivity contribution in [2.45, 2.75) is 32.3 Å². The standard InChI is InChI=1S/C16H21FN2O/c17-16-6-5-12(7-15(16)9-19)10-20-11-14-4-2-1-3-13(14)8-18/h5-7,13-14H,1-4,8,10-11,18H2. The molecule has 1 aromatic carbocycles. The van der Waals surface area contributed by atoms with Gasteiger partial charge in [-0.1, -0.05) is 18.9 Å². The van der Waals surface area contributed by atoms with Gasteiger partial charge in [0, 0.05) is 0 Å². The summed E-state index contributed by atoms with van der Waals surface area (Å²) in [6.45, 7) is 1.84. The lowest BCUT2D eigenvalue weighted by Gasteiger charge is -2.30. The van der Waals surface area contributed by atoms with E-state index in [-0.39, 0.29) is 5.56 Å². The van der Waals surface area contributed by atoms with Gasteiger partial charge in [0.2, 0.25) is 0 Å². The lowest BCUT2D eigenvalue weighted by atomic mass is 9.80. The van der Waals surface area contributed by atoms with Crippen LogP contribution in [0.4, 0.5) is 4.39 Å². The summed E-state index contributed by atoms with van der Waals surface area (Å²) in [7, 11) is 0. The van der Waals surface area contributed by atoms with Crippen molar-refractivity contribution in [3.63, 3.8) is 0 Å². The average Bonchev–Trinajstić information content (AvgIpc) is 2.49. The van der Waals surface area contributed by atoms with Gasteiger partial charge in [-0.05, 0) is 48.9 Å². The molecule has 0 heterocycles. The highest BCUT2D eigenvalue weighted by atomic mass is 19.1. The third kappa shape index (κ3) is 3.78. The second-order valence-corrected chi connectivity index (χ2v) is 5.48. The molecular formula is C16H21FN2O. The largest absolute Gasteiger partial charge is 0.376 e. The molecule has 1 aliphatic rings. The van der Waals surface area contributed by atoms with Crippen molar-refractivity contribution >= 4 is 0 Å². The summed E-state index contributed by atoms with van der Waals surface area (Å²) in [6.07, 6.45) is 4.88. The molecule has 108 valence electrons. The summed E-state index contributed by atoms with van der Waals surface area (Å²) in [5.41, 5.74) is 6.71. The Morgan fingerprint density at radius 2 is 2.05 bits per heavy atom. The predicted octanol–water partition coefficient (Wildman–Crippen LogP) is 2.98. The number of hydrogen-bond acceptors (Lipinski definition) is 3. The molecule has 2 unspecified atom stereocenters. The first-order valence-electron chi connectivity index (χ1n) is 7.21. The van der Waals surface area contributed by atoms with Gasteiger partial charge in [0.15, 0.2) is 0 Å². The molecule has 3 nitrogen and oxygen atoms in total. The van der Waals surface area contributed by atoms with Crippen LogP contribution in [0.2, 0.25) is 0 Å². The highest BCUT2D eigenvalue weighted by molar-refractivity contribution is 5.34. The Labute approximate surface area is 119 Å². The van der Waals surface area contributed by atoms with Crippen molar-refractivity contribution in [1.82, 2.24) is 0 Å². The van der Waals surface area contributed by atoms with Crippen molar-refractivity contribution in [1.29, 1.82) is 5.26 Å². The maximum atomic E-state index is 13.2. The molecule has 1 aliphatic carbocycles. The molecule has 0 bridgehead atoms. The van der Waals surface area contributed by atoms with E-state index in [1.54, 1.807) is 12.1 Å². The Hall–Kier alpha value is -1.44. The first kappa shape index (κ1) is 15.0. The van der Waals surface area contributed by atoms with E-state index < -0.39 is 5.82 Å². The molecule has 0 spiro atoms. The SMILES string of the molecule is N#Cc1cc(COCC2CCCCC2CN)ccc1F. The molecule has 2 rings (SSSR count). The zero-order chi connectivity index (χ0) is 14.4. The minimum Gasteiger partial charge on any atom is -0.376 e. The highest BCUT2D eigenvalue weighted by Gasteiger charge is 2.23. The van der Waals surface area contributed by atoms with Crippen molar-refractivity contribution in [3.8, 4) is 6.07 Å². The lowest BCUT2D eigenvalue weighted by molar-refractivity contribution is 0.0512. The number of ether oxygens (including phenoxy) is 1. The summed E-state index contributed by atoms with van der Waals surface area (Å²) < 4.78 is 18.9. The van der Waals surface area contributed by atoms with Crippen LogP contribution < -0.4 is 5.73 Å².